The predicted octanol–water partition coefficient (Wildman–Crippen LogP) is 3.06. The van der Waals surface area contributed by atoms with Crippen LogP contribution in [-0.4, -0.2) is 23.3 Å². The average molecular weight is 272 g/mol. The largest absolute Gasteiger partial charge is 0.323 e. The molecule has 1 aromatic carbocycles. The summed E-state index contributed by atoms with van der Waals surface area (Å²) >= 11 is 11.9. The Bertz CT molecular complexity index is 490. The van der Waals surface area contributed by atoms with E-state index in [1.807, 2.05) is 6.92 Å². The second-order valence-electron chi connectivity index (χ2n) is 3.70. The van der Waals surface area contributed by atoms with Crippen LogP contribution in [0.1, 0.15) is 18.5 Å². The molecule has 0 bridgehead atoms. The lowest BCUT2D eigenvalue weighted by Gasteiger charge is -2.22. The van der Waals surface area contributed by atoms with Gasteiger partial charge in [0.2, 0.25) is 0 Å². The molecule has 90 valence electrons. The molecular weight excluding hydrogens is 261 g/mol. The van der Waals surface area contributed by atoms with Crippen molar-refractivity contribution in [3.8, 4) is 0 Å². The molecule has 0 aliphatic carbocycles. The molecule has 1 saturated heterocycles. The van der Waals surface area contributed by atoms with E-state index in [2.05, 4.69) is 5.32 Å². The highest BCUT2D eigenvalue weighted by Gasteiger charge is 2.36. The summed E-state index contributed by atoms with van der Waals surface area (Å²) in [6.45, 7) is 2.37. The molecule has 1 fully saturated rings. The summed E-state index contributed by atoms with van der Waals surface area (Å²) in [4.78, 5) is 13.1. The van der Waals surface area contributed by atoms with Gasteiger partial charge in [0.15, 0.2) is 0 Å². The van der Waals surface area contributed by atoms with E-state index in [1.165, 1.54) is 0 Å². The molecule has 1 unspecified atom stereocenters. The molecule has 1 aliphatic heterocycles. The zero-order valence-electron chi connectivity index (χ0n) is 9.13. The van der Waals surface area contributed by atoms with E-state index in [1.54, 1.807) is 23.1 Å². The molecule has 6 heteroatoms. The number of nitrogens with zero attached hydrogens (tertiary/aromatic N) is 1. The van der Waals surface area contributed by atoms with Gasteiger partial charge in [0.1, 0.15) is 11.9 Å². The number of nitrogens with one attached hydrogen (secondary N) is 2. The number of urea groups is 1. The van der Waals surface area contributed by atoms with Crippen LogP contribution in [0.25, 0.3) is 0 Å². The lowest BCUT2D eigenvalue weighted by Crippen LogP contribution is -2.29. The predicted molar refractivity (Wildman–Crippen MR) is 67.8 cm³/mol. The fraction of sp³-hybridized carbons (Fsp3) is 0.273. The zero-order valence-corrected chi connectivity index (χ0v) is 10.6. The molecule has 0 aromatic heterocycles. The second-order valence-corrected chi connectivity index (χ2v) is 4.54. The van der Waals surface area contributed by atoms with Crippen molar-refractivity contribution in [1.29, 1.82) is 5.41 Å². The van der Waals surface area contributed by atoms with Gasteiger partial charge in [-0.3, -0.25) is 10.7 Å². The second kappa shape index (κ2) is 4.55. The van der Waals surface area contributed by atoms with Gasteiger partial charge in [-0.05, 0) is 19.1 Å². The molecule has 2 amide bonds. The van der Waals surface area contributed by atoms with Crippen molar-refractivity contribution in [2.24, 2.45) is 0 Å². The number of hydrogen-bond donors (Lipinski definition) is 2. The Morgan fingerprint density at radius 2 is 2.18 bits per heavy atom. The first kappa shape index (κ1) is 12.2. The molecule has 4 nitrogen and oxygen atoms in total. The van der Waals surface area contributed by atoms with E-state index in [9.17, 15) is 4.79 Å². The van der Waals surface area contributed by atoms with Gasteiger partial charge in [-0.25, -0.2) is 4.79 Å². The van der Waals surface area contributed by atoms with Crippen LogP contribution >= 0.6 is 23.2 Å². The van der Waals surface area contributed by atoms with Gasteiger partial charge in [0, 0.05) is 22.2 Å². The first-order chi connectivity index (χ1) is 8.04. The lowest BCUT2D eigenvalue weighted by molar-refractivity contribution is 0.209. The van der Waals surface area contributed by atoms with E-state index in [0.717, 1.165) is 0 Å². The van der Waals surface area contributed by atoms with Crippen LogP contribution in [-0.2, 0) is 0 Å². The summed E-state index contributed by atoms with van der Waals surface area (Å²) in [5.41, 5.74) is 0.710. The molecule has 2 rings (SSSR count). The van der Waals surface area contributed by atoms with Crippen molar-refractivity contribution in [2.45, 2.75) is 13.0 Å². The van der Waals surface area contributed by atoms with Crippen LogP contribution in [0.3, 0.4) is 0 Å². The Morgan fingerprint density at radius 3 is 2.76 bits per heavy atom. The van der Waals surface area contributed by atoms with E-state index in [-0.39, 0.29) is 11.9 Å². The van der Waals surface area contributed by atoms with Crippen molar-refractivity contribution in [2.75, 3.05) is 6.54 Å². The monoisotopic (exact) mass is 271 g/mol. The fourth-order valence-corrected chi connectivity index (χ4v) is 2.41. The van der Waals surface area contributed by atoms with Crippen molar-refractivity contribution in [3.05, 3.63) is 33.8 Å². The first-order valence-electron chi connectivity index (χ1n) is 5.15. The first-order valence-corrected chi connectivity index (χ1v) is 5.91. The Balaban J connectivity index is 2.44. The number of halogens is 2. The van der Waals surface area contributed by atoms with Gasteiger partial charge < -0.3 is 4.90 Å². The summed E-state index contributed by atoms with van der Waals surface area (Å²) in [6, 6.07) is 4.34. The highest BCUT2D eigenvalue weighted by molar-refractivity contribution is 6.35. The number of benzene rings is 1. The van der Waals surface area contributed by atoms with Crippen LogP contribution in [0.5, 0.6) is 0 Å². The van der Waals surface area contributed by atoms with Crippen LogP contribution in [0.2, 0.25) is 10.0 Å². The van der Waals surface area contributed by atoms with Crippen molar-refractivity contribution < 1.29 is 4.79 Å². The third kappa shape index (κ3) is 2.10. The summed E-state index contributed by atoms with van der Waals surface area (Å²) in [7, 11) is 0. The maximum Gasteiger partial charge on any atom is 0.323 e. The minimum absolute atomic E-state index is 0.140. The van der Waals surface area contributed by atoms with Crippen LogP contribution in [0.4, 0.5) is 4.79 Å². The van der Waals surface area contributed by atoms with E-state index in [0.29, 0.717) is 22.2 Å². The van der Waals surface area contributed by atoms with Crippen molar-refractivity contribution in [3.63, 3.8) is 0 Å². The zero-order chi connectivity index (χ0) is 12.6. The highest BCUT2D eigenvalue weighted by Crippen LogP contribution is 2.32. The lowest BCUT2D eigenvalue weighted by atomic mass is 10.1. The van der Waals surface area contributed by atoms with Gasteiger partial charge in [-0.1, -0.05) is 29.3 Å². The van der Waals surface area contributed by atoms with Gasteiger partial charge in [-0.2, -0.15) is 0 Å². The summed E-state index contributed by atoms with van der Waals surface area (Å²) in [5, 5.41) is 11.3. The molecule has 1 aliphatic rings. The smallest absolute Gasteiger partial charge is 0.310 e. The Morgan fingerprint density at radius 1 is 1.47 bits per heavy atom. The normalized spacial score (nSPS) is 19.7. The Hall–Kier alpha value is -1.26. The standard InChI is InChI=1S/C11H11Cl2N3O/c1-2-16-9(10(14)15-11(16)17)7-4-3-6(12)5-8(7)13/h3-5,9H,2H2,1H3,(H2,14,15,17). The maximum atomic E-state index is 11.6. The minimum atomic E-state index is -0.447. The number of rotatable bonds is 2. The molecule has 0 saturated carbocycles. The van der Waals surface area contributed by atoms with Crippen molar-refractivity contribution >= 4 is 35.1 Å². The molecule has 0 spiro atoms. The van der Waals surface area contributed by atoms with Gasteiger partial charge >= 0.3 is 6.03 Å². The number of carbonyl (C=O) groups is 1. The summed E-state index contributed by atoms with van der Waals surface area (Å²) in [5.74, 6) is 0.140. The van der Waals surface area contributed by atoms with Gasteiger partial charge in [-0.15, -0.1) is 0 Å². The number of likely N-dealkylation sites (N-methyl/N-ethyl adjacent to an activating group) is 1. The van der Waals surface area contributed by atoms with Gasteiger partial charge in [0.05, 0.1) is 0 Å². The number of amidine groups is 1. The van der Waals surface area contributed by atoms with E-state index >= 15 is 0 Å². The van der Waals surface area contributed by atoms with Crippen molar-refractivity contribution in [1.82, 2.24) is 10.2 Å². The number of amides is 2. The quantitative estimate of drug-likeness (QED) is 0.854. The molecular formula is C11H11Cl2N3O. The third-order valence-electron chi connectivity index (χ3n) is 2.69. The fourth-order valence-electron chi connectivity index (χ4n) is 1.90. The van der Waals surface area contributed by atoms with Crippen LogP contribution in [0, 0.1) is 5.41 Å². The summed E-state index contributed by atoms with van der Waals surface area (Å²) < 4.78 is 0. The van der Waals surface area contributed by atoms with E-state index in [4.69, 9.17) is 28.6 Å². The van der Waals surface area contributed by atoms with E-state index < -0.39 is 6.04 Å². The van der Waals surface area contributed by atoms with Gasteiger partial charge in [0.25, 0.3) is 0 Å². The SMILES string of the molecule is CCN1C(=O)NC(=N)C1c1ccc(Cl)cc1Cl. The Kier molecular flexibility index (Phi) is 3.26. The third-order valence-corrected chi connectivity index (χ3v) is 3.25. The summed E-state index contributed by atoms with van der Waals surface area (Å²) in [6.07, 6.45) is 0. The average Bonchev–Trinajstić information content (AvgIpc) is 2.53. The number of carbonyl (C=O) groups excluding carboxylic acids is 1. The Labute approximate surface area is 109 Å². The minimum Gasteiger partial charge on any atom is -0.310 e. The molecule has 0 radical (unpaired) electrons. The maximum absolute atomic E-state index is 11.6. The topological polar surface area (TPSA) is 56.2 Å². The molecule has 1 aromatic rings. The highest BCUT2D eigenvalue weighted by atomic mass is 35.5. The molecule has 1 heterocycles. The van der Waals surface area contributed by atoms with Crippen LogP contribution < -0.4 is 5.32 Å². The molecule has 17 heavy (non-hydrogen) atoms. The number of hydrogen-bond acceptors (Lipinski definition) is 2. The molecule has 2 N–H and O–H groups in total. The molecule has 1 atom stereocenters. The van der Waals surface area contributed by atoms with Crippen LogP contribution in [0.15, 0.2) is 18.2 Å².